The van der Waals surface area contributed by atoms with E-state index < -0.39 is 10.8 Å². The smallest absolute Gasteiger partial charge is 0.288 e. The number of carbonyl (C=O) groups excluding carboxylic acids is 2. The highest BCUT2D eigenvalue weighted by molar-refractivity contribution is 6.32. The van der Waals surface area contributed by atoms with Crippen molar-refractivity contribution in [2.24, 2.45) is 0 Å². The van der Waals surface area contributed by atoms with Gasteiger partial charge in [0.2, 0.25) is 5.91 Å². The summed E-state index contributed by atoms with van der Waals surface area (Å²) in [5.41, 5.74) is 4.16. The van der Waals surface area contributed by atoms with Crippen LogP contribution in [-0.4, -0.2) is 54.5 Å². The molecular formula is C14H17Cl2N4O5-. The van der Waals surface area contributed by atoms with Crippen molar-refractivity contribution in [1.29, 1.82) is 0 Å². The number of rotatable bonds is 5. The van der Waals surface area contributed by atoms with Gasteiger partial charge in [-0.25, -0.2) is 0 Å². The molecule has 2 amide bonds. The van der Waals surface area contributed by atoms with Gasteiger partial charge in [0.25, 0.3) is 11.6 Å². The van der Waals surface area contributed by atoms with Crippen LogP contribution in [0.15, 0.2) is 18.2 Å². The van der Waals surface area contributed by atoms with Crippen LogP contribution in [0.25, 0.3) is 0 Å². The van der Waals surface area contributed by atoms with Gasteiger partial charge in [0.1, 0.15) is 5.02 Å². The van der Waals surface area contributed by atoms with Gasteiger partial charge in [-0.1, -0.05) is 11.6 Å². The molecule has 1 aliphatic heterocycles. The van der Waals surface area contributed by atoms with Gasteiger partial charge in [-0.05, 0) is 12.1 Å². The summed E-state index contributed by atoms with van der Waals surface area (Å²) >= 11 is 5.68. The zero-order valence-electron chi connectivity index (χ0n) is 13.2. The van der Waals surface area contributed by atoms with E-state index in [-0.39, 0.29) is 41.0 Å². The molecule has 0 atom stereocenters. The van der Waals surface area contributed by atoms with E-state index in [1.54, 1.807) is 0 Å². The molecule has 138 valence electrons. The maximum Gasteiger partial charge on any atom is 0.288 e. The predicted octanol–water partition coefficient (Wildman–Crippen LogP) is -2.26. The number of hydrazine groups is 1. The van der Waals surface area contributed by atoms with Gasteiger partial charge in [0.15, 0.2) is 0 Å². The van der Waals surface area contributed by atoms with E-state index in [2.05, 4.69) is 15.8 Å². The van der Waals surface area contributed by atoms with Crippen molar-refractivity contribution in [3.05, 3.63) is 38.9 Å². The second-order valence-corrected chi connectivity index (χ2v) is 5.54. The number of morpholine rings is 1. The van der Waals surface area contributed by atoms with Crippen molar-refractivity contribution in [3.63, 3.8) is 0 Å². The first-order valence-electron chi connectivity index (χ1n) is 7.30. The van der Waals surface area contributed by atoms with Crippen molar-refractivity contribution in [3.8, 4) is 0 Å². The molecule has 11 heteroatoms. The largest absolute Gasteiger partial charge is 1.00 e. The molecule has 1 aliphatic rings. The molecule has 0 unspecified atom stereocenters. The quantitative estimate of drug-likeness (QED) is 0.432. The molecule has 25 heavy (non-hydrogen) atoms. The molecule has 1 heterocycles. The van der Waals surface area contributed by atoms with Crippen molar-refractivity contribution in [2.45, 2.75) is 6.42 Å². The molecule has 2 rings (SSSR count). The molecule has 2 N–H and O–H groups in total. The lowest BCUT2D eigenvalue weighted by atomic mass is 10.2. The number of nitro benzene ring substituents is 1. The van der Waals surface area contributed by atoms with Crippen molar-refractivity contribution < 1.29 is 31.7 Å². The molecule has 0 bridgehead atoms. The third kappa shape index (κ3) is 6.46. The number of benzene rings is 1. The van der Waals surface area contributed by atoms with E-state index in [4.69, 9.17) is 16.3 Å². The minimum atomic E-state index is -0.681. The summed E-state index contributed by atoms with van der Waals surface area (Å²) in [5, 5.41) is 10.7. The van der Waals surface area contributed by atoms with Crippen LogP contribution in [0, 0.1) is 10.1 Å². The predicted molar refractivity (Wildman–Crippen MR) is 85.6 cm³/mol. The van der Waals surface area contributed by atoms with Crippen LogP contribution in [0.3, 0.4) is 0 Å². The van der Waals surface area contributed by atoms with Crippen molar-refractivity contribution in [1.82, 2.24) is 15.8 Å². The third-order valence-electron chi connectivity index (χ3n) is 3.48. The van der Waals surface area contributed by atoms with E-state index in [1.807, 2.05) is 0 Å². The van der Waals surface area contributed by atoms with Crippen LogP contribution >= 0.6 is 11.6 Å². The number of carbonyl (C=O) groups is 2. The van der Waals surface area contributed by atoms with Gasteiger partial charge in [-0.2, -0.15) is 0 Å². The van der Waals surface area contributed by atoms with Crippen LogP contribution in [0.1, 0.15) is 16.8 Å². The van der Waals surface area contributed by atoms with E-state index in [0.717, 1.165) is 19.2 Å². The highest BCUT2D eigenvalue weighted by atomic mass is 35.5. The Morgan fingerprint density at radius 2 is 1.96 bits per heavy atom. The molecule has 0 radical (unpaired) electrons. The van der Waals surface area contributed by atoms with Crippen LogP contribution < -0.4 is 23.3 Å². The molecule has 0 spiro atoms. The minimum Gasteiger partial charge on any atom is -1.00 e. The topological polar surface area (TPSA) is 114 Å². The Morgan fingerprint density at radius 3 is 2.60 bits per heavy atom. The van der Waals surface area contributed by atoms with E-state index in [0.29, 0.717) is 19.8 Å². The molecule has 0 aromatic heterocycles. The van der Waals surface area contributed by atoms with Crippen LogP contribution in [0.2, 0.25) is 5.02 Å². The molecule has 1 fully saturated rings. The molecular weight excluding hydrogens is 375 g/mol. The Bertz CT molecular complexity index is 638. The first kappa shape index (κ1) is 21.1. The lowest BCUT2D eigenvalue weighted by Crippen LogP contribution is -3.00. The van der Waals surface area contributed by atoms with Crippen molar-refractivity contribution in [2.75, 3.05) is 32.8 Å². The number of nitrogens with zero attached hydrogens (tertiary/aromatic N) is 2. The maximum absolute atomic E-state index is 11.9. The average molecular weight is 392 g/mol. The molecule has 0 saturated carbocycles. The number of nitrogens with one attached hydrogen (secondary N) is 2. The van der Waals surface area contributed by atoms with Crippen molar-refractivity contribution >= 4 is 29.1 Å². The van der Waals surface area contributed by atoms with Gasteiger partial charge in [0.05, 0.1) is 18.1 Å². The second kappa shape index (κ2) is 10.1. The van der Waals surface area contributed by atoms with Gasteiger partial charge in [-0.3, -0.25) is 35.5 Å². The number of halogens is 2. The van der Waals surface area contributed by atoms with Gasteiger partial charge < -0.3 is 17.1 Å². The number of hydrogen-bond donors (Lipinski definition) is 2. The summed E-state index contributed by atoms with van der Waals surface area (Å²) in [7, 11) is 0. The lowest BCUT2D eigenvalue weighted by Gasteiger charge is -2.26. The van der Waals surface area contributed by atoms with Crippen LogP contribution in [0.5, 0.6) is 0 Å². The number of ether oxygens (including phenoxy) is 1. The lowest BCUT2D eigenvalue weighted by molar-refractivity contribution is -0.384. The molecule has 1 saturated heterocycles. The van der Waals surface area contributed by atoms with Crippen LogP contribution in [-0.2, 0) is 9.53 Å². The average Bonchev–Trinajstić information content (AvgIpc) is 2.59. The summed E-state index contributed by atoms with van der Waals surface area (Å²) < 4.78 is 5.21. The Morgan fingerprint density at radius 1 is 1.28 bits per heavy atom. The number of amides is 2. The summed E-state index contributed by atoms with van der Waals surface area (Å²) in [6.45, 7) is 3.40. The summed E-state index contributed by atoms with van der Waals surface area (Å²) in [4.78, 5) is 35.9. The minimum absolute atomic E-state index is 0. The number of nitro groups is 1. The number of hydrogen-bond acceptors (Lipinski definition) is 6. The van der Waals surface area contributed by atoms with Gasteiger partial charge in [-0.15, -0.1) is 0 Å². The SMILES string of the molecule is O=C(CCN1CCOCC1)NNC(=O)c1ccc(Cl)c([N+](=O)[O-])c1.[Cl-]. The van der Waals surface area contributed by atoms with Gasteiger partial charge >= 0.3 is 0 Å². The highest BCUT2D eigenvalue weighted by Crippen LogP contribution is 2.24. The summed E-state index contributed by atoms with van der Waals surface area (Å²) in [6, 6.07) is 3.65. The fraction of sp³-hybridized carbons (Fsp3) is 0.429. The zero-order valence-corrected chi connectivity index (χ0v) is 14.7. The van der Waals surface area contributed by atoms with E-state index >= 15 is 0 Å². The maximum atomic E-state index is 11.9. The first-order valence-corrected chi connectivity index (χ1v) is 7.68. The third-order valence-corrected chi connectivity index (χ3v) is 3.80. The first-order chi connectivity index (χ1) is 11.5. The summed E-state index contributed by atoms with van der Waals surface area (Å²) in [6.07, 6.45) is 0.223. The monoisotopic (exact) mass is 391 g/mol. The molecule has 0 aliphatic carbocycles. The van der Waals surface area contributed by atoms with E-state index in [1.165, 1.54) is 12.1 Å². The zero-order chi connectivity index (χ0) is 17.5. The van der Waals surface area contributed by atoms with E-state index in [9.17, 15) is 19.7 Å². The Kier molecular flexibility index (Phi) is 8.56. The second-order valence-electron chi connectivity index (χ2n) is 5.13. The fourth-order valence-corrected chi connectivity index (χ4v) is 2.33. The Labute approximate surface area is 155 Å². The Balaban J connectivity index is 0.00000312. The molecule has 1 aromatic carbocycles. The Hall–Kier alpha value is -1.94. The van der Waals surface area contributed by atoms with Gasteiger partial charge in [0, 0.05) is 37.7 Å². The summed E-state index contributed by atoms with van der Waals surface area (Å²) in [5.74, 6) is -1.01. The standard InChI is InChI=1S/C14H17ClN4O5.ClH/c15-11-2-1-10(9-12(11)19(22)23)14(21)17-16-13(20)3-4-18-5-7-24-8-6-18;/h1-2,9H,3-8H2,(H,16,20)(H,17,21);1H/p-1. The normalized spacial score (nSPS) is 14.3. The molecule has 1 aromatic rings. The fourth-order valence-electron chi connectivity index (χ4n) is 2.14. The highest BCUT2D eigenvalue weighted by Gasteiger charge is 2.17. The van der Waals surface area contributed by atoms with Crippen LogP contribution in [0.4, 0.5) is 5.69 Å². The molecule has 9 nitrogen and oxygen atoms in total.